The lowest BCUT2D eigenvalue weighted by molar-refractivity contribution is -0.137. The minimum atomic E-state index is -4.37. The quantitative estimate of drug-likeness (QED) is 0.577. The van der Waals surface area contributed by atoms with Crippen molar-refractivity contribution >= 4 is 17.8 Å². The highest BCUT2D eigenvalue weighted by atomic mass is 19.4. The number of hydrogen-bond acceptors (Lipinski definition) is 6. The summed E-state index contributed by atoms with van der Waals surface area (Å²) in [7, 11) is 2.10. The van der Waals surface area contributed by atoms with Crippen LogP contribution in [0.15, 0.2) is 54.9 Å². The number of benzene rings is 2. The molecule has 2 aromatic carbocycles. The number of carbonyl (C=O) groups is 1. The van der Waals surface area contributed by atoms with Crippen molar-refractivity contribution in [2.24, 2.45) is 5.73 Å². The number of nitrogens with zero attached hydrogens (tertiary/aromatic N) is 3. The van der Waals surface area contributed by atoms with Crippen molar-refractivity contribution in [1.29, 1.82) is 0 Å². The molecule has 1 aliphatic heterocycles. The predicted molar refractivity (Wildman–Crippen MR) is 115 cm³/mol. The van der Waals surface area contributed by atoms with Gasteiger partial charge in [-0.15, -0.1) is 0 Å². The van der Waals surface area contributed by atoms with Crippen molar-refractivity contribution in [2.75, 3.05) is 23.8 Å². The molecule has 0 fully saturated rings. The van der Waals surface area contributed by atoms with Crippen LogP contribution < -0.4 is 20.7 Å². The van der Waals surface area contributed by atoms with Gasteiger partial charge in [-0.05, 0) is 48.4 Å². The number of hydrogen-bond donors (Lipinski definition) is 2. The predicted octanol–water partition coefficient (Wildman–Crippen LogP) is 3.99. The maximum atomic E-state index is 12.1. The topological polar surface area (TPSA) is 93.4 Å². The number of rotatable bonds is 5. The summed E-state index contributed by atoms with van der Waals surface area (Å²) < 4.78 is 42.0. The van der Waals surface area contributed by atoms with Crippen molar-refractivity contribution < 1.29 is 22.7 Å². The Kier molecular flexibility index (Phi) is 7.26. The van der Waals surface area contributed by atoms with E-state index in [4.69, 9.17) is 10.5 Å². The molecule has 0 spiro atoms. The maximum Gasteiger partial charge on any atom is 0.416 e. The number of carbonyl (C=O) groups excluding carboxylic acids is 1. The zero-order valence-electron chi connectivity index (χ0n) is 17.3. The smallest absolute Gasteiger partial charge is 0.416 e. The molecule has 3 N–H and O–H groups in total. The Hall–Kier alpha value is -3.66. The normalized spacial score (nSPS) is 12.5. The van der Waals surface area contributed by atoms with E-state index in [9.17, 15) is 18.0 Å². The number of halogens is 3. The number of amides is 1. The van der Waals surface area contributed by atoms with Gasteiger partial charge in [-0.1, -0.05) is 6.07 Å². The fraction of sp³-hybridized carbons (Fsp3) is 0.227. The summed E-state index contributed by atoms with van der Waals surface area (Å²) in [6.07, 6.45) is -1.52. The number of ether oxygens (including phenoxy) is 1. The average Bonchev–Trinajstić information content (AvgIpc) is 3.14. The van der Waals surface area contributed by atoms with Gasteiger partial charge in [-0.2, -0.15) is 13.2 Å². The van der Waals surface area contributed by atoms with Crippen LogP contribution in [0.4, 0.5) is 24.5 Å². The van der Waals surface area contributed by atoms with Crippen LogP contribution >= 0.6 is 0 Å². The highest BCUT2D eigenvalue weighted by Crippen LogP contribution is 2.32. The Bertz CT molecular complexity index is 1080. The molecule has 2 heterocycles. The van der Waals surface area contributed by atoms with Crippen LogP contribution in [0.5, 0.6) is 11.6 Å². The van der Waals surface area contributed by atoms with E-state index in [1.165, 1.54) is 29.7 Å². The van der Waals surface area contributed by atoms with Crippen molar-refractivity contribution in [2.45, 2.75) is 19.1 Å². The molecule has 1 aromatic heterocycles. The van der Waals surface area contributed by atoms with Crippen molar-refractivity contribution in [1.82, 2.24) is 9.97 Å². The highest BCUT2D eigenvalue weighted by Gasteiger charge is 2.30. The fourth-order valence-corrected chi connectivity index (χ4v) is 3.13. The summed E-state index contributed by atoms with van der Waals surface area (Å²) in [4.78, 5) is 20.3. The van der Waals surface area contributed by atoms with Gasteiger partial charge in [0.05, 0.1) is 11.3 Å². The van der Waals surface area contributed by atoms with E-state index >= 15 is 0 Å². The zero-order valence-corrected chi connectivity index (χ0v) is 17.3. The highest BCUT2D eigenvalue weighted by molar-refractivity contribution is 5.71. The molecule has 32 heavy (non-hydrogen) atoms. The largest absolute Gasteiger partial charge is 0.439 e. The standard InChI is InChI=1S/C14H16N4O.C8H6F3NO/c1-18-5-4-10-6-12(2-3-13(10)18)19-14-7-11(8-15)16-9-17-14;9-8(10,11)6-2-1-3-7(4-6)12-5-13/h2-3,6-7,9H,4-5,8,15H2,1H3;1-5H,(H,12,13). The monoisotopic (exact) mass is 445 g/mol. The Labute approximate surface area is 183 Å². The number of nitrogens with one attached hydrogen (secondary N) is 1. The van der Waals surface area contributed by atoms with E-state index in [-0.39, 0.29) is 5.69 Å². The van der Waals surface area contributed by atoms with Crippen LogP contribution in [0.3, 0.4) is 0 Å². The van der Waals surface area contributed by atoms with Crippen LogP contribution in [-0.2, 0) is 23.9 Å². The minimum absolute atomic E-state index is 0.129. The Morgan fingerprint density at radius 2 is 2.00 bits per heavy atom. The van der Waals surface area contributed by atoms with Gasteiger partial charge in [0.25, 0.3) is 0 Å². The number of anilines is 2. The van der Waals surface area contributed by atoms with Crippen molar-refractivity contribution in [3.63, 3.8) is 0 Å². The Balaban J connectivity index is 0.000000195. The zero-order chi connectivity index (χ0) is 23.1. The summed E-state index contributed by atoms with van der Waals surface area (Å²) in [6, 6.07) is 12.3. The third-order valence-corrected chi connectivity index (χ3v) is 4.72. The number of alkyl halides is 3. The van der Waals surface area contributed by atoms with Crippen molar-refractivity contribution in [3.05, 3.63) is 71.7 Å². The molecule has 4 rings (SSSR count). The summed E-state index contributed by atoms with van der Waals surface area (Å²) in [5.41, 5.74) is 8.26. The molecule has 0 atom stereocenters. The number of fused-ring (bicyclic) bond motifs is 1. The third-order valence-electron chi connectivity index (χ3n) is 4.72. The molecular formula is C22H22F3N5O2. The van der Waals surface area contributed by atoms with Gasteiger partial charge < -0.3 is 20.7 Å². The molecule has 1 aliphatic rings. The summed E-state index contributed by atoms with van der Waals surface area (Å²) in [5.74, 6) is 1.33. The second-order valence-electron chi connectivity index (χ2n) is 6.96. The molecule has 0 saturated heterocycles. The first-order valence-electron chi connectivity index (χ1n) is 9.70. The molecule has 7 nitrogen and oxygen atoms in total. The van der Waals surface area contributed by atoms with Gasteiger partial charge >= 0.3 is 6.18 Å². The van der Waals surface area contributed by atoms with E-state index < -0.39 is 11.7 Å². The van der Waals surface area contributed by atoms with Crippen LogP contribution in [0, 0.1) is 0 Å². The molecule has 0 saturated carbocycles. The van der Waals surface area contributed by atoms with Gasteiger partial charge in [0.15, 0.2) is 0 Å². The lowest BCUT2D eigenvalue weighted by Crippen LogP contribution is -2.12. The lowest BCUT2D eigenvalue weighted by atomic mass is 10.1. The average molecular weight is 445 g/mol. The molecular weight excluding hydrogens is 423 g/mol. The Morgan fingerprint density at radius 3 is 2.72 bits per heavy atom. The third kappa shape index (κ3) is 5.94. The number of aromatic nitrogens is 2. The molecule has 0 aliphatic carbocycles. The van der Waals surface area contributed by atoms with E-state index in [0.717, 1.165) is 36.5 Å². The van der Waals surface area contributed by atoms with Crippen LogP contribution in [0.1, 0.15) is 16.8 Å². The molecule has 3 aromatic rings. The molecule has 1 amide bonds. The second-order valence-corrected chi connectivity index (χ2v) is 6.96. The van der Waals surface area contributed by atoms with E-state index in [0.29, 0.717) is 18.8 Å². The second kappa shape index (κ2) is 10.1. The summed E-state index contributed by atoms with van der Waals surface area (Å²) in [5, 5.41) is 2.14. The van der Waals surface area contributed by atoms with Gasteiger partial charge in [-0.3, -0.25) is 4.79 Å². The number of likely N-dealkylation sites (N-methyl/N-ethyl adjacent to an activating group) is 1. The van der Waals surface area contributed by atoms with Gasteiger partial charge in [0.1, 0.15) is 12.1 Å². The van der Waals surface area contributed by atoms with Gasteiger partial charge in [0.2, 0.25) is 12.3 Å². The van der Waals surface area contributed by atoms with Crippen LogP contribution in [0.25, 0.3) is 0 Å². The molecule has 168 valence electrons. The summed E-state index contributed by atoms with van der Waals surface area (Å²) in [6.45, 7) is 1.44. The van der Waals surface area contributed by atoms with E-state index in [1.54, 1.807) is 6.07 Å². The van der Waals surface area contributed by atoms with Gasteiger partial charge in [-0.25, -0.2) is 9.97 Å². The fourth-order valence-electron chi connectivity index (χ4n) is 3.13. The number of nitrogens with two attached hydrogens (primary N) is 1. The first-order valence-corrected chi connectivity index (χ1v) is 9.70. The van der Waals surface area contributed by atoms with Gasteiger partial charge in [0, 0.05) is 37.6 Å². The lowest BCUT2D eigenvalue weighted by Gasteiger charge is -2.12. The van der Waals surface area contributed by atoms with Crippen LogP contribution in [-0.4, -0.2) is 30.0 Å². The van der Waals surface area contributed by atoms with E-state index in [1.807, 2.05) is 6.07 Å². The maximum absolute atomic E-state index is 12.1. The molecule has 10 heteroatoms. The Morgan fingerprint density at radius 1 is 1.19 bits per heavy atom. The SMILES string of the molecule is CN1CCc2cc(Oc3cc(CN)ncn3)ccc21.O=CNc1cccc(C(F)(F)F)c1. The minimum Gasteiger partial charge on any atom is -0.439 e. The molecule has 0 bridgehead atoms. The summed E-state index contributed by atoms with van der Waals surface area (Å²) >= 11 is 0. The van der Waals surface area contributed by atoms with Crippen molar-refractivity contribution in [3.8, 4) is 11.6 Å². The molecule has 0 radical (unpaired) electrons. The molecule has 0 unspecified atom stereocenters. The van der Waals surface area contributed by atoms with Crippen LogP contribution in [0.2, 0.25) is 0 Å². The first-order chi connectivity index (χ1) is 15.3. The first kappa shape index (κ1) is 23.0. The van der Waals surface area contributed by atoms with E-state index in [2.05, 4.69) is 39.4 Å².